The minimum Gasteiger partial charge on any atom is -0.391 e. The average molecular weight is 370 g/mol. The number of unbranched alkanes of at least 4 members (excludes halogenated alkanes) is 15. The Morgan fingerprint density at radius 1 is 0.731 bits per heavy atom. The van der Waals surface area contributed by atoms with Crippen molar-refractivity contribution in [1.82, 2.24) is 5.32 Å². The first-order valence-corrected chi connectivity index (χ1v) is 11.5. The molecule has 0 aromatic heterocycles. The molecule has 0 aliphatic heterocycles. The third-order valence-corrected chi connectivity index (χ3v) is 5.31. The number of nitrogens with one attached hydrogen (secondary N) is 1. The second-order valence-corrected chi connectivity index (χ2v) is 8.09. The number of ketones is 1. The summed E-state index contributed by atoms with van der Waals surface area (Å²) in [4.78, 5) is 11.4. The van der Waals surface area contributed by atoms with Crippen LogP contribution < -0.4 is 5.32 Å². The lowest BCUT2D eigenvalue weighted by Gasteiger charge is -2.18. The number of Topliss-reactive ketones (excluding diaryl/α,β-unsaturated/α-hetero) is 1. The molecule has 0 rings (SSSR count). The van der Waals surface area contributed by atoms with Gasteiger partial charge >= 0.3 is 0 Å². The van der Waals surface area contributed by atoms with Gasteiger partial charge in [-0.1, -0.05) is 103 Å². The monoisotopic (exact) mass is 369 g/mol. The molecule has 2 atom stereocenters. The Bertz CT molecular complexity index is 305. The van der Waals surface area contributed by atoms with E-state index in [4.69, 9.17) is 0 Å². The first-order chi connectivity index (χ1) is 12.6. The Kier molecular flexibility index (Phi) is 19.0. The van der Waals surface area contributed by atoms with Gasteiger partial charge in [0.25, 0.3) is 0 Å². The molecular weight excluding hydrogens is 322 g/mol. The third kappa shape index (κ3) is 17.0. The van der Waals surface area contributed by atoms with Crippen LogP contribution in [0, 0.1) is 0 Å². The molecule has 2 N–H and O–H groups in total. The molecule has 0 aliphatic carbocycles. The molecule has 156 valence electrons. The number of carbonyl (C=O) groups excluding carboxylic acids is 1. The Morgan fingerprint density at radius 2 is 1.08 bits per heavy atom. The molecule has 0 amide bonds. The van der Waals surface area contributed by atoms with Gasteiger partial charge in [0, 0.05) is 0 Å². The Balaban J connectivity index is 3.19. The number of rotatable bonds is 20. The highest BCUT2D eigenvalue weighted by Crippen LogP contribution is 2.13. The van der Waals surface area contributed by atoms with E-state index in [1.54, 1.807) is 6.92 Å². The number of hydrogen-bond acceptors (Lipinski definition) is 3. The summed E-state index contributed by atoms with van der Waals surface area (Å²) in [5, 5.41) is 12.7. The maximum absolute atomic E-state index is 11.4. The lowest BCUT2D eigenvalue weighted by molar-refractivity contribution is -0.121. The summed E-state index contributed by atoms with van der Waals surface area (Å²) in [7, 11) is 0. The minimum atomic E-state index is -0.603. The molecule has 0 radical (unpaired) electrons. The van der Waals surface area contributed by atoms with Crippen LogP contribution in [-0.2, 0) is 4.79 Å². The van der Waals surface area contributed by atoms with Gasteiger partial charge in [-0.3, -0.25) is 4.79 Å². The van der Waals surface area contributed by atoms with Crippen molar-refractivity contribution in [2.24, 2.45) is 0 Å². The Labute approximate surface area is 163 Å². The van der Waals surface area contributed by atoms with Crippen molar-refractivity contribution in [3.8, 4) is 0 Å². The van der Waals surface area contributed by atoms with Crippen molar-refractivity contribution < 1.29 is 9.90 Å². The molecular formula is C23H47NO2. The molecule has 0 saturated heterocycles. The van der Waals surface area contributed by atoms with Crippen LogP contribution in [0.15, 0.2) is 0 Å². The predicted molar refractivity (Wildman–Crippen MR) is 114 cm³/mol. The molecule has 0 heterocycles. The van der Waals surface area contributed by atoms with E-state index in [-0.39, 0.29) is 5.78 Å². The third-order valence-electron chi connectivity index (χ3n) is 5.31. The van der Waals surface area contributed by atoms with Crippen LogP contribution in [0.4, 0.5) is 0 Å². The first-order valence-electron chi connectivity index (χ1n) is 11.5. The smallest absolute Gasteiger partial charge is 0.149 e. The van der Waals surface area contributed by atoms with Gasteiger partial charge in [-0.25, -0.2) is 0 Å². The zero-order chi connectivity index (χ0) is 19.5. The molecule has 0 aromatic rings. The molecule has 0 aromatic carbocycles. The largest absolute Gasteiger partial charge is 0.391 e. The molecule has 0 unspecified atom stereocenters. The molecule has 0 bridgehead atoms. The highest BCUT2D eigenvalue weighted by Gasteiger charge is 2.18. The van der Waals surface area contributed by atoms with E-state index < -0.39 is 12.1 Å². The summed E-state index contributed by atoms with van der Waals surface area (Å²) in [5.74, 6) is 0.0245. The number of hydrogen-bond donors (Lipinski definition) is 2. The Hall–Kier alpha value is -0.410. The van der Waals surface area contributed by atoms with Crippen LogP contribution >= 0.6 is 0 Å². The van der Waals surface area contributed by atoms with E-state index in [9.17, 15) is 9.90 Å². The van der Waals surface area contributed by atoms with Gasteiger partial charge in [-0.2, -0.15) is 0 Å². The van der Waals surface area contributed by atoms with Gasteiger partial charge < -0.3 is 10.4 Å². The van der Waals surface area contributed by atoms with Crippen LogP contribution in [0.5, 0.6) is 0 Å². The van der Waals surface area contributed by atoms with Gasteiger partial charge in [-0.05, 0) is 26.8 Å². The normalized spacial score (nSPS) is 13.7. The van der Waals surface area contributed by atoms with E-state index in [2.05, 4.69) is 12.2 Å². The molecule has 3 nitrogen and oxygen atoms in total. The lowest BCUT2D eigenvalue weighted by Crippen LogP contribution is -2.44. The van der Waals surface area contributed by atoms with Gasteiger partial charge in [0.05, 0.1) is 12.1 Å². The van der Waals surface area contributed by atoms with E-state index in [1.165, 1.54) is 103 Å². The number of aliphatic hydroxyl groups is 1. The Morgan fingerprint density at radius 3 is 1.38 bits per heavy atom. The summed E-state index contributed by atoms with van der Waals surface area (Å²) in [5.41, 5.74) is 0. The quantitative estimate of drug-likeness (QED) is 0.252. The van der Waals surface area contributed by atoms with Gasteiger partial charge in [-0.15, -0.1) is 0 Å². The second kappa shape index (κ2) is 19.4. The van der Waals surface area contributed by atoms with Crippen LogP contribution in [0.3, 0.4) is 0 Å². The van der Waals surface area contributed by atoms with Crippen molar-refractivity contribution in [1.29, 1.82) is 0 Å². The van der Waals surface area contributed by atoms with Crippen molar-refractivity contribution in [3.63, 3.8) is 0 Å². The van der Waals surface area contributed by atoms with Crippen LogP contribution in [0.1, 0.15) is 124 Å². The van der Waals surface area contributed by atoms with Gasteiger partial charge in [0.1, 0.15) is 5.78 Å². The van der Waals surface area contributed by atoms with Crippen LogP contribution in [0.2, 0.25) is 0 Å². The fraction of sp³-hybridized carbons (Fsp3) is 0.957. The van der Waals surface area contributed by atoms with E-state index in [0.29, 0.717) is 0 Å². The lowest BCUT2D eigenvalue weighted by atomic mass is 10.0. The van der Waals surface area contributed by atoms with Crippen molar-refractivity contribution in [2.75, 3.05) is 6.54 Å². The minimum absolute atomic E-state index is 0.0245. The van der Waals surface area contributed by atoms with E-state index in [0.717, 1.165) is 13.0 Å². The van der Waals surface area contributed by atoms with Gasteiger partial charge in [0.15, 0.2) is 0 Å². The highest BCUT2D eigenvalue weighted by atomic mass is 16.3. The zero-order valence-electron chi connectivity index (χ0n) is 18.0. The van der Waals surface area contributed by atoms with Gasteiger partial charge in [0.2, 0.25) is 0 Å². The fourth-order valence-corrected chi connectivity index (χ4v) is 3.58. The fourth-order valence-electron chi connectivity index (χ4n) is 3.58. The molecule has 0 saturated carbocycles. The summed E-state index contributed by atoms with van der Waals surface area (Å²) in [6.07, 6.45) is 21.3. The first kappa shape index (κ1) is 25.6. The maximum atomic E-state index is 11.4. The SMILES string of the molecule is CCCCCCCCCCCCCCCCCCN[C@H](C(C)=O)[C@@H](C)O. The number of carbonyl (C=O) groups is 1. The molecule has 0 aliphatic rings. The molecule has 0 fully saturated rings. The molecule has 3 heteroatoms. The topological polar surface area (TPSA) is 49.3 Å². The zero-order valence-corrected chi connectivity index (χ0v) is 18.0. The summed E-state index contributed by atoms with van der Waals surface area (Å²) >= 11 is 0. The van der Waals surface area contributed by atoms with Crippen LogP contribution in [-0.4, -0.2) is 29.6 Å². The summed E-state index contributed by atoms with van der Waals surface area (Å²) < 4.78 is 0. The predicted octanol–water partition coefficient (Wildman–Crippen LogP) is 6.18. The second-order valence-electron chi connectivity index (χ2n) is 8.09. The average Bonchev–Trinajstić information content (AvgIpc) is 2.60. The molecule has 0 spiro atoms. The summed E-state index contributed by atoms with van der Waals surface area (Å²) in [6, 6.07) is -0.397. The highest BCUT2D eigenvalue weighted by molar-refractivity contribution is 5.82. The van der Waals surface area contributed by atoms with E-state index >= 15 is 0 Å². The summed E-state index contributed by atoms with van der Waals surface area (Å²) in [6.45, 7) is 6.32. The van der Waals surface area contributed by atoms with Crippen molar-refractivity contribution in [2.45, 2.75) is 136 Å². The van der Waals surface area contributed by atoms with E-state index in [1.807, 2.05) is 0 Å². The maximum Gasteiger partial charge on any atom is 0.149 e. The molecule has 26 heavy (non-hydrogen) atoms. The standard InChI is InChI=1S/C23H47NO2/c1-4-5-6-7-8-9-10-11-12-13-14-15-16-17-18-19-20-24-23(21(2)25)22(3)26/h21,23-25H,4-20H2,1-3H3/t21-,23+/m1/s1. The van der Waals surface area contributed by atoms with Crippen molar-refractivity contribution in [3.05, 3.63) is 0 Å². The van der Waals surface area contributed by atoms with Crippen LogP contribution in [0.25, 0.3) is 0 Å². The number of aliphatic hydroxyl groups excluding tert-OH is 1. The van der Waals surface area contributed by atoms with Crippen molar-refractivity contribution >= 4 is 5.78 Å².